The van der Waals surface area contributed by atoms with Crippen LogP contribution in [-0.4, -0.2) is 27.5 Å². The fourth-order valence-electron chi connectivity index (χ4n) is 2.04. The molecule has 0 aliphatic rings. The Hall–Kier alpha value is -1.68. The number of carbonyl (C=O) groups excluding carboxylic acids is 1. The SMILES string of the molecule is COc1ccc(Cl)cc1S(=O)(=O)N[C@@H](C)C(=O)Nc1ccc(Br)cc1F. The van der Waals surface area contributed by atoms with E-state index >= 15 is 0 Å². The predicted octanol–water partition coefficient (Wildman–Crippen LogP) is 3.56. The molecule has 6 nitrogen and oxygen atoms in total. The van der Waals surface area contributed by atoms with Gasteiger partial charge in [0.25, 0.3) is 0 Å². The van der Waals surface area contributed by atoms with Crippen LogP contribution in [0.5, 0.6) is 5.75 Å². The average molecular weight is 466 g/mol. The lowest BCUT2D eigenvalue weighted by molar-refractivity contribution is -0.117. The van der Waals surface area contributed by atoms with Crippen LogP contribution in [0, 0.1) is 5.82 Å². The van der Waals surface area contributed by atoms with Crippen molar-refractivity contribution in [2.45, 2.75) is 17.9 Å². The third-order valence-corrected chi connectivity index (χ3v) is 5.62. The minimum Gasteiger partial charge on any atom is -0.495 e. The van der Waals surface area contributed by atoms with Gasteiger partial charge in [0.1, 0.15) is 16.5 Å². The second-order valence-corrected chi connectivity index (χ2v) is 8.29. The average Bonchev–Trinajstić information content (AvgIpc) is 2.56. The smallest absolute Gasteiger partial charge is 0.245 e. The van der Waals surface area contributed by atoms with Crippen LogP contribution in [0.2, 0.25) is 5.02 Å². The number of hydrogen-bond donors (Lipinski definition) is 2. The molecule has 2 N–H and O–H groups in total. The van der Waals surface area contributed by atoms with Crippen molar-refractivity contribution >= 4 is 49.1 Å². The summed E-state index contributed by atoms with van der Waals surface area (Å²) in [7, 11) is -2.79. The van der Waals surface area contributed by atoms with Gasteiger partial charge in [0.15, 0.2) is 0 Å². The van der Waals surface area contributed by atoms with E-state index in [0.29, 0.717) is 4.47 Å². The molecular weight excluding hydrogens is 451 g/mol. The fourth-order valence-corrected chi connectivity index (χ4v) is 4.01. The lowest BCUT2D eigenvalue weighted by atomic mass is 10.2. The van der Waals surface area contributed by atoms with E-state index in [0.717, 1.165) is 0 Å². The van der Waals surface area contributed by atoms with E-state index in [1.165, 1.54) is 44.4 Å². The minimum absolute atomic E-state index is 0.0652. The molecule has 140 valence electrons. The van der Waals surface area contributed by atoms with E-state index in [-0.39, 0.29) is 21.4 Å². The molecule has 0 heterocycles. The van der Waals surface area contributed by atoms with Crippen LogP contribution in [0.3, 0.4) is 0 Å². The van der Waals surface area contributed by atoms with Gasteiger partial charge in [-0.25, -0.2) is 12.8 Å². The van der Waals surface area contributed by atoms with Crippen LogP contribution in [0.1, 0.15) is 6.92 Å². The van der Waals surface area contributed by atoms with Crippen molar-refractivity contribution in [3.05, 3.63) is 51.7 Å². The standard InChI is InChI=1S/C16H15BrClFN2O4S/c1-9(16(22)20-13-5-3-10(17)7-12(13)19)21-26(23,24)15-8-11(18)4-6-14(15)25-2/h3-9,21H,1-2H3,(H,20,22)/t9-/m0/s1. The zero-order valence-corrected chi connectivity index (χ0v) is 16.9. The fraction of sp³-hybridized carbons (Fsp3) is 0.188. The van der Waals surface area contributed by atoms with Crippen LogP contribution < -0.4 is 14.8 Å². The molecular formula is C16H15BrClFN2O4S. The molecule has 2 rings (SSSR count). The zero-order valence-electron chi connectivity index (χ0n) is 13.7. The molecule has 1 amide bonds. The first-order valence-corrected chi connectivity index (χ1v) is 9.91. The molecule has 0 unspecified atom stereocenters. The molecule has 10 heteroatoms. The van der Waals surface area contributed by atoms with Crippen molar-refractivity contribution in [2.24, 2.45) is 0 Å². The summed E-state index contributed by atoms with van der Waals surface area (Å²) in [6, 6.07) is 7.00. The van der Waals surface area contributed by atoms with E-state index < -0.39 is 27.8 Å². The Balaban J connectivity index is 2.18. The van der Waals surface area contributed by atoms with Crippen LogP contribution in [0.4, 0.5) is 10.1 Å². The van der Waals surface area contributed by atoms with Gasteiger partial charge in [-0.05, 0) is 43.3 Å². The van der Waals surface area contributed by atoms with E-state index in [1.807, 2.05) is 0 Å². The number of carbonyl (C=O) groups is 1. The maximum atomic E-state index is 13.8. The largest absolute Gasteiger partial charge is 0.495 e. The minimum atomic E-state index is -4.10. The zero-order chi connectivity index (χ0) is 19.5. The van der Waals surface area contributed by atoms with E-state index in [4.69, 9.17) is 16.3 Å². The number of hydrogen-bond acceptors (Lipinski definition) is 4. The summed E-state index contributed by atoms with van der Waals surface area (Å²) in [5.74, 6) is -1.30. The first-order chi connectivity index (χ1) is 12.1. The number of sulfonamides is 1. The van der Waals surface area contributed by atoms with Gasteiger partial charge < -0.3 is 10.1 Å². The number of anilines is 1. The van der Waals surface area contributed by atoms with Crippen LogP contribution in [0.25, 0.3) is 0 Å². The number of ether oxygens (including phenoxy) is 1. The summed E-state index contributed by atoms with van der Waals surface area (Å²) in [6.45, 7) is 1.33. The number of halogens is 3. The number of methoxy groups -OCH3 is 1. The molecule has 0 radical (unpaired) electrons. The van der Waals surface area contributed by atoms with E-state index in [9.17, 15) is 17.6 Å². The highest BCUT2D eigenvalue weighted by Gasteiger charge is 2.25. The number of benzene rings is 2. The molecule has 26 heavy (non-hydrogen) atoms. The lowest BCUT2D eigenvalue weighted by Gasteiger charge is -2.16. The Morgan fingerprint density at radius 3 is 2.58 bits per heavy atom. The molecule has 0 bridgehead atoms. The van der Waals surface area contributed by atoms with Crippen LogP contribution >= 0.6 is 27.5 Å². The molecule has 1 atom stereocenters. The lowest BCUT2D eigenvalue weighted by Crippen LogP contribution is -2.41. The van der Waals surface area contributed by atoms with Gasteiger partial charge >= 0.3 is 0 Å². The summed E-state index contributed by atoms with van der Waals surface area (Å²) < 4.78 is 46.6. The summed E-state index contributed by atoms with van der Waals surface area (Å²) in [5, 5.41) is 2.53. The van der Waals surface area contributed by atoms with Gasteiger partial charge in [0.05, 0.1) is 18.8 Å². The summed E-state index contributed by atoms with van der Waals surface area (Å²) in [6.07, 6.45) is 0. The van der Waals surface area contributed by atoms with Crippen molar-refractivity contribution in [2.75, 3.05) is 12.4 Å². The van der Waals surface area contributed by atoms with E-state index in [1.54, 1.807) is 6.07 Å². The molecule has 2 aromatic carbocycles. The summed E-state index contributed by atoms with van der Waals surface area (Å²) in [5.41, 5.74) is -0.0652. The number of amides is 1. The van der Waals surface area contributed by atoms with Crippen molar-refractivity contribution in [1.29, 1.82) is 0 Å². The third-order valence-electron chi connectivity index (χ3n) is 3.33. The first-order valence-electron chi connectivity index (χ1n) is 7.26. The number of rotatable bonds is 6. The monoisotopic (exact) mass is 464 g/mol. The molecule has 2 aromatic rings. The van der Waals surface area contributed by atoms with Crippen LogP contribution in [-0.2, 0) is 14.8 Å². The molecule has 0 aliphatic carbocycles. The van der Waals surface area contributed by atoms with Gasteiger partial charge in [-0.15, -0.1) is 0 Å². The second-order valence-electron chi connectivity index (χ2n) is 5.25. The van der Waals surface area contributed by atoms with Gasteiger partial charge in [-0.1, -0.05) is 27.5 Å². The van der Waals surface area contributed by atoms with Crippen molar-refractivity contribution in [1.82, 2.24) is 4.72 Å². The molecule has 0 aromatic heterocycles. The van der Waals surface area contributed by atoms with Crippen molar-refractivity contribution in [3.8, 4) is 5.75 Å². The summed E-state index contributed by atoms with van der Waals surface area (Å²) in [4.78, 5) is 12.0. The maximum absolute atomic E-state index is 13.8. The molecule has 0 saturated heterocycles. The highest BCUT2D eigenvalue weighted by molar-refractivity contribution is 9.10. The Labute approximate surface area is 163 Å². The normalized spacial score (nSPS) is 12.5. The molecule has 0 aliphatic heterocycles. The third kappa shape index (κ3) is 4.94. The Morgan fingerprint density at radius 2 is 1.96 bits per heavy atom. The summed E-state index contributed by atoms with van der Waals surface area (Å²) >= 11 is 8.95. The molecule has 0 spiro atoms. The van der Waals surface area contributed by atoms with Gasteiger partial charge in [0.2, 0.25) is 15.9 Å². The molecule has 0 saturated carbocycles. The first kappa shape index (κ1) is 20.6. The van der Waals surface area contributed by atoms with Crippen LogP contribution in [0.15, 0.2) is 45.8 Å². The Bertz CT molecular complexity index is 940. The number of nitrogens with one attached hydrogen (secondary N) is 2. The Morgan fingerprint density at radius 1 is 1.27 bits per heavy atom. The topological polar surface area (TPSA) is 84.5 Å². The van der Waals surface area contributed by atoms with Gasteiger partial charge in [0, 0.05) is 9.50 Å². The van der Waals surface area contributed by atoms with Gasteiger partial charge in [-0.2, -0.15) is 4.72 Å². The molecule has 0 fully saturated rings. The highest BCUT2D eigenvalue weighted by Crippen LogP contribution is 2.27. The van der Waals surface area contributed by atoms with Gasteiger partial charge in [-0.3, -0.25) is 4.79 Å². The predicted molar refractivity (Wildman–Crippen MR) is 101 cm³/mol. The quantitative estimate of drug-likeness (QED) is 0.683. The van der Waals surface area contributed by atoms with E-state index in [2.05, 4.69) is 26.0 Å². The Kier molecular flexibility index (Phi) is 6.62. The maximum Gasteiger partial charge on any atom is 0.245 e. The second kappa shape index (κ2) is 8.34. The van der Waals surface area contributed by atoms with Crippen molar-refractivity contribution < 1.29 is 22.3 Å². The highest BCUT2D eigenvalue weighted by atomic mass is 79.9. The van der Waals surface area contributed by atoms with Crippen molar-refractivity contribution in [3.63, 3.8) is 0 Å².